The van der Waals surface area contributed by atoms with Crippen molar-refractivity contribution in [2.24, 2.45) is 11.3 Å². The SMILES string of the molecule is CC[C@@]12C=C(C(=O)N[C@@H](CC(C)C)C(=O)O)n3c4c(c5ccccc53)CCN(CCC1)[C@H]42. The van der Waals surface area contributed by atoms with Gasteiger partial charge in [0.25, 0.3) is 5.91 Å². The van der Waals surface area contributed by atoms with E-state index >= 15 is 0 Å². The summed E-state index contributed by atoms with van der Waals surface area (Å²) in [6.07, 6.45) is 6.71. The van der Waals surface area contributed by atoms with Gasteiger partial charge in [0.2, 0.25) is 0 Å². The van der Waals surface area contributed by atoms with Crippen LogP contribution in [0.5, 0.6) is 0 Å². The monoisotopic (exact) mass is 435 g/mol. The number of carboxylic acids is 1. The molecule has 0 spiro atoms. The molecule has 0 unspecified atom stereocenters. The number of carbonyl (C=O) groups is 2. The number of carbonyl (C=O) groups excluding carboxylic acids is 1. The fraction of sp³-hybridized carbons (Fsp3) is 0.538. The summed E-state index contributed by atoms with van der Waals surface area (Å²) in [4.78, 5) is 28.1. The molecule has 4 heterocycles. The van der Waals surface area contributed by atoms with E-state index in [1.165, 1.54) is 16.6 Å². The number of amides is 1. The number of hydrogen-bond acceptors (Lipinski definition) is 3. The van der Waals surface area contributed by atoms with Crippen LogP contribution in [-0.2, 0) is 16.0 Å². The van der Waals surface area contributed by atoms with Gasteiger partial charge in [-0.1, -0.05) is 39.0 Å². The van der Waals surface area contributed by atoms with Gasteiger partial charge < -0.3 is 15.0 Å². The molecule has 170 valence electrons. The minimum atomic E-state index is -0.977. The number of benzene rings is 1. The first-order chi connectivity index (χ1) is 15.4. The number of hydrogen-bond donors (Lipinski definition) is 2. The Balaban J connectivity index is 1.68. The Morgan fingerprint density at radius 2 is 2.03 bits per heavy atom. The van der Waals surface area contributed by atoms with Crippen molar-refractivity contribution in [2.45, 2.75) is 65.0 Å². The molecule has 2 aromatic rings. The summed E-state index contributed by atoms with van der Waals surface area (Å²) < 4.78 is 2.14. The number of rotatable bonds is 6. The van der Waals surface area contributed by atoms with Crippen LogP contribution in [0, 0.1) is 11.3 Å². The van der Waals surface area contributed by atoms with Crippen LogP contribution in [0.1, 0.15) is 63.8 Å². The Morgan fingerprint density at radius 1 is 1.25 bits per heavy atom. The number of nitrogens with one attached hydrogen (secondary N) is 1. The van der Waals surface area contributed by atoms with Crippen molar-refractivity contribution in [3.05, 3.63) is 41.6 Å². The van der Waals surface area contributed by atoms with Crippen LogP contribution in [-0.4, -0.2) is 45.6 Å². The molecule has 3 atom stereocenters. The van der Waals surface area contributed by atoms with Crippen LogP contribution < -0.4 is 5.32 Å². The van der Waals surface area contributed by atoms with Gasteiger partial charge >= 0.3 is 5.97 Å². The highest BCUT2D eigenvalue weighted by Gasteiger charge is 2.51. The van der Waals surface area contributed by atoms with E-state index < -0.39 is 12.0 Å². The van der Waals surface area contributed by atoms with Crippen LogP contribution in [0.4, 0.5) is 0 Å². The molecule has 1 saturated heterocycles. The molecule has 1 fully saturated rings. The van der Waals surface area contributed by atoms with Crippen LogP contribution >= 0.6 is 0 Å². The third-order valence-corrected chi connectivity index (χ3v) is 7.79. The van der Waals surface area contributed by atoms with E-state index in [1.54, 1.807) is 0 Å². The first kappa shape index (κ1) is 21.3. The van der Waals surface area contributed by atoms with Gasteiger partial charge in [-0.15, -0.1) is 0 Å². The number of fused-ring (bicyclic) bond motifs is 3. The summed E-state index contributed by atoms with van der Waals surface area (Å²) in [5, 5.41) is 13.8. The molecule has 5 rings (SSSR count). The van der Waals surface area contributed by atoms with Gasteiger partial charge in [0.15, 0.2) is 0 Å². The molecular weight excluding hydrogens is 402 g/mol. The van der Waals surface area contributed by atoms with Crippen LogP contribution in [0.2, 0.25) is 0 Å². The second-order valence-electron chi connectivity index (χ2n) is 10.1. The van der Waals surface area contributed by atoms with Crippen LogP contribution in [0.25, 0.3) is 16.6 Å². The Hall–Kier alpha value is -2.60. The summed E-state index contributed by atoms with van der Waals surface area (Å²) in [6, 6.07) is 7.73. The van der Waals surface area contributed by atoms with Gasteiger partial charge in [0.1, 0.15) is 11.7 Å². The normalized spacial score (nSPS) is 25.4. The first-order valence-electron chi connectivity index (χ1n) is 12.0. The molecule has 0 aliphatic carbocycles. The lowest BCUT2D eigenvalue weighted by atomic mass is 9.66. The Labute approximate surface area is 189 Å². The van der Waals surface area contributed by atoms with Gasteiger partial charge in [-0.2, -0.15) is 0 Å². The molecule has 1 amide bonds. The second-order valence-corrected chi connectivity index (χ2v) is 10.1. The highest BCUT2D eigenvalue weighted by molar-refractivity contribution is 6.17. The van der Waals surface area contributed by atoms with Crippen LogP contribution in [0.3, 0.4) is 0 Å². The van der Waals surface area contributed by atoms with E-state index in [9.17, 15) is 14.7 Å². The smallest absolute Gasteiger partial charge is 0.326 e. The minimum absolute atomic E-state index is 0.0960. The Morgan fingerprint density at radius 3 is 2.75 bits per heavy atom. The van der Waals surface area contributed by atoms with Crippen molar-refractivity contribution in [3.8, 4) is 0 Å². The lowest BCUT2D eigenvalue weighted by Crippen LogP contribution is -2.52. The van der Waals surface area contributed by atoms with E-state index in [-0.39, 0.29) is 23.3 Å². The van der Waals surface area contributed by atoms with Crippen LogP contribution in [0.15, 0.2) is 30.3 Å². The predicted molar refractivity (Wildman–Crippen MR) is 125 cm³/mol. The molecule has 0 bridgehead atoms. The molecule has 1 aromatic heterocycles. The van der Waals surface area contributed by atoms with E-state index in [0.29, 0.717) is 12.1 Å². The molecular formula is C26H33N3O3. The number of aromatic nitrogens is 1. The average molecular weight is 436 g/mol. The molecule has 1 aromatic carbocycles. The second kappa shape index (κ2) is 7.77. The van der Waals surface area contributed by atoms with E-state index in [2.05, 4.69) is 46.0 Å². The number of para-hydroxylation sites is 1. The number of carboxylic acid groups (broad SMARTS) is 1. The zero-order valence-corrected chi connectivity index (χ0v) is 19.2. The molecule has 6 nitrogen and oxygen atoms in total. The maximum atomic E-state index is 13.7. The Bertz CT molecular complexity index is 1110. The lowest BCUT2D eigenvalue weighted by Gasteiger charge is -2.53. The molecule has 3 aliphatic heterocycles. The Kier molecular flexibility index (Phi) is 5.16. The number of piperidine rings is 1. The molecule has 3 aliphatic rings. The highest BCUT2D eigenvalue weighted by atomic mass is 16.4. The van der Waals surface area contributed by atoms with Gasteiger partial charge in [-0.25, -0.2) is 4.79 Å². The molecule has 0 radical (unpaired) electrons. The fourth-order valence-corrected chi connectivity index (χ4v) is 6.37. The molecule has 0 saturated carbocycles. The number of nitrogens with zero attached hydrogens (tertiary/aromatic N) is 2. The van der Waals surface area contributed by atoms with Gasteiger partial charge in [-0.05, 0) is 62.3 Å². The maximum Gasteiger partial charge on any atom is 0.326 e. The van der Waals surface area contributed by atoms with Crippen molar-refractivity contribution < 1.29 is 14.7 Å². The average Bonchev–Trinajstić information content (AvgIpc) is 3.12. The van der Waals surface area contributed by atoms with E-state index in [1.807, 2.05) is 19.9 Å². The topological polar surface area (TPSA) is 74.6 Å². The minimum Gasteiger partial charge on any atom is -0.480 e. The fourth-order valence-electron chi connectivity index (χ4n) is 6.37. The van der Waals surface area contributed by atoms with Gasteiger partial charge in [0, 0.05) is 23.0 Å². The first-order valence-corrected chi connectivity index (χ1v) is 12.0. The van der Waals surface area contributed by atoms with Crippen molar-refractivity contribution in [3.63, 3.8) is 0 Å². The lowest BCUT2D eigenvalue weighted by molar-refractivity contribution is -0.141. The summed E-state index contributed by atoms with van der Waals surface area (Å²) in [5.74, 6) is -1.08. The predicted octanol–water partition coefficient (Wildman–Crippen LogP) is 4.20. The van der Waals surface area contributed by atoms with Gasteiger partial charge in [0.05, 0.1) is 11.6 Å². The highest BCUT2D eigenvalue weighted by Crippen LogP contribution is 2.56. The van der Waals surface area contributed by atoms with Crippen molar-refractivity contribution in [2.75, 3.05) is 13.1 Å². The van der Waals surface area contributed by atoms with E-state index in [0.717, 1.165) is 44.3 Å². The quantitative estimate of drug-likeness (QED) is 0.713. The summed E-state index contributed by atoms with van der Waals surface area (Å²) in [7, 11) is 0. The largest absolute Gasteiger partial charge is 0.480 e. The molecule has 32 heavy (non-hydrogen) atoms. The van der Waals surface area contributed by atoms with Gasteiger partial charge in [-0.3, -0.25) is 9.69 Å². The third kappa shape index (κ3) is 3.11. The summed E-state index contributed by atoms with van der Waals surface area (Å²) >= 11 is 0. The maximum absolute atomic E-state index is 13.7. The molecule has 6 heteroatoms. The van der Waals surface area contributed by atoms with Crippen molar-refractivity contribution >= 4 is 28.5 Å². The van der Waals surface area contributed by atoms with E-state index in [4.69, 9.17) is 0 Å². The zero-order valence-electron chi connectivity index (χ0n) is 19.2. The third-order valence-electron chi connectivity index (χ3n) is 7.79. The van der Waals surface area contributed by atoms with Crippen molar-refractivity contribution in [1.82, 2.24) is 14.8 Å². The summed E-state index contributed by atoms with van der Waals surface area (Å²) in [5.41, 5.74) is 4.16. The molecule has 2 N–H and O–H groups in total. The van der Waals surface area contributed by atoms with Crippen molar-refractivity contribution in [1.29, 1.82) is 0 Å². The standard InChI is InChI=1S/C26H33N3O3/c1-4-26-11-7-12-28-13-10-18-17-8-5-6-9-20(17)29(22(18)23(26)28)21(15-26)24(30)27-19(25(31)32)14-16(2)3/h5-6,8-9,15-16,19,23H,4,7,10-14H2,1-3H3,(H,27,30)(H,31,32)/t19-,23+,26-/m0/s1. The zero-order chi connectivity index (χ0) is 22.6. The number of aliphatic carboxylic acids is 1. The summed E-state index contributed by atoms with van der Waals surface area (Å²) in [6.45, 7) is 8.33.